The topological polar surface area (TPSA) is 72.5 Å². The van der Waals surface area contributed by atoms with Crippen LogP contribution in [-0.2, 0) is 9.53 Å². The Bertz CT molecular complexity index is 139. The van der Waals surface area contributed by atoms with E-state index in [1.165, 1.54) is 6.92 Å². The predicted molar refractivity (Wildman–Crippen MR) is 48.2 cm³/mol. The monoisotopic (exact) mass is 197 g/mol. The number of rotatable bonds is 4. The summed E-state index contributed by atoms with van der Waals surface area (Å²) in [6.45, 7) is 3.62. The highest BCUT2D eigenvalue weighted by Crippen LogP contribution is 2.07. The summed E-state index contributed by atoms with van der Waals surface area (Å²) < 4.78 is 4.63. The Kier molecular flexibility index (Phi) is 7.37. The van der Waals surface area contributed by atoms with Crippen molar-refractivity contribution in [3.05, 3.63) is 0 Å². The number of hydrogen-bond acceptors (Lipinski definition) is 4. The van der Waals surface area contributed by atoms with Gasteiger partial charge in [-0.2, -0.15) is 0 Å². The Hall–Kier alpha value is -0.320. The van der Waals surface area contributed by atoms with Crippen LogP contribution in [0.25, 0.3) is 0 Å². The number of nitrogens with two attached hydrogens (primary N) is 1. The molecule has 3 N–H and O–H groups in total. The second-order valence-corrected chi connectivity index (χ2v) is 2.68. The van der Waals surface area contributed by atoms with Crippen LogP contribution >= 0.6 is 12.4 Å². The van der Waals surface area contributed by atoms with E-state index in [2.05, 4.69) is 4.74 Å². The average molecular weight is 198 g/mol. The summed E-state index contributed by atoms with van der Waals surface area (Å²) in [4.78, 5) is 10.8. The lowest BCUT2D eigenvalue weighted by molar-refractivity contribution is -0.147. The maximum Gasteiger partial charge on any atom is 0.308 e. The van der Waals surface area contributed by atoms with Crippen LogP contribution in [0.2, 0.25) is 0 Å². The molecule has 4 nitrogen and oxygen atoms in total. The number of carbonyl (C=O) groups is 1. The molecule has 0 fully saturated rings. The van der Waals surface area contributed by atoms with E-state index in [4.69, 9.17) is 5.73 Å². The van der Waals surface area contributed by atoms with Crippen molar-refractivity contribution in [1.29, 1.82) is 0 Å². The highest BCUT2D eigenvalue weighted by Gasteiger charge is 2.22. The Morgan fingerprint density at radius 2 is 2.17 bits per heavy atom. The standard InChI is InChI=1S/C7H15NO3.ClH/c1-3-11-6(9)4-7(2,10)5-8;/h10H,3-5,8H2,1-2H3;1H. The van der Waals surface area contributed by atoms with E-state index >= 15 is 0 Å². The molecule has 1 atom stereocenters. The van der Waals surface area contributed by atoms with Gasteiger partial charge in [-0.1, -0.05) is 0 Å². The lowest BCUT2D eigenvalue weighted by atomic mass is 10.0. The number of hydrogen-bond donors (Lipinski definition) is 2. The van der Waals surface area contributed by atoms with Crippen molar-refractivity contribution >= 4 is 18.4 Å². The Morgan fingerprint density at radius 1 is 1.67 bits per heavy atom. The molecule has 0 spiro atoms. The summed E-state index contributed by atoms with van der Waals surface area (Å²) >= 11 is 0. The van der Waals surface area contributed by atoms with E-state index in [1.54, 1.807) is 6.92 Å². The molecule has 0 bridgehead atoms. The van der Waals surface area contributed by atoms with Crippen LogP contribution in [0.4, 0.5) is 0 Å². The molecule has 0 radical (unpaired) electrons. The number of aliphatic hydroxyl groups is 1. The molecule has 5 heteroatoms. The van der Waals surface area contributed by atoms with Gasteiger partial charge in [0.1, 0.15) is 0 Å². The summed E-state index contributed by atoms with van der Waals surface area (Å²) in [5, 5.41) is 9.29. The Balaban J connectivity index is 0. The van der Waals surface area contributed by atoms with Gasteiger partial charge in [0.2, 0.25) is 0 Å². The van der Waals surface area contributed by atoms with Crippen molar-refractivity contribution in [2.24, 2.45) is 5.73 Å². The van der Waals surface area contributed by atoms with Gasteiger partial charge in [0.05, 0.1) is 18.6 Å². The Labute approximate surface area is 78.5 Å². The number of carbonyl (C=O) groups excluding carboxylic acids is 1. The van der Waals surface area contributed by atoms with Gasteiger partial charge >= 0.3 is 5.97 Å². The Morgan fingerprint density at radius 3 is 2.50 bits per heavy atom. The maximum absolute atomic E-state index is 10.8. The van der Waals surface area contributed by atoms with Gasteiger partial charge < -0.3 is 15.6 Å². The van der Waals surface area contributed by atoms with Gasteiger partial charge in [0.25, 0.3) is 0 Å². The minimum Gasteiger partial charge on any atom is -0.466 e. The van der Waals surface area contributed by atoms with Crippen LogP contribution in [0, 0.1) is 0 Å². The molecule has 0 amide bonds. The first-order chi connectivity index (χ1) is 5.02. The van der Waals surface area contributed by atoms with E-state index in [1.807, 2.05) is 0 Å². The molecule has 0 aliphatic heterocycles. The van der Waals surface area contributed by atoms with Crippen molar-refractivity contribution in [3.63, 3.8) is 0 Å². The minimum absolute atomic E-state index is 0. The minimum atomic E-state index is -1.13. The zero-order valence-corrected chi connectivity index (χ0v) is 8.19. The van der Waals surface area contributed by atoms with Crippen LogP contribution in [0.15, 0.2) is 0 Å². The molecule has 0 aromatic rings. The van der Waals surface area contributed by atoms with Gasteiger partial charge in [-0.15, -0.1) is 12.4 Å². The van der Waals surface area contributed by atoms with Crippen molar-refractivity contribution in [1.82, 2.24) is 0 Å². The molecule has 1 unspecified atom stereocenters. The number of halogens is 1. The molecule has 0 aromatic heterocycles. The smallest absolute Gasteiger partial charge is 0.308 e. The van der Waals surface area contributed by atoms with E-state index in [0.717, 1.165) is 0 Å². The van der Waals surface area contributed by atoms with E-state index < -0.39 is 11.6 Å². The summed E-state index contributed by atoms with van der Waals surface area (Å²) in [7, 11) is 0. The van der Waals surface area contributed by atoms with Crippen LogP contribution in [0.1, 0.15) is 20.3 Å². The third-order valence-electron chi connectivity index (χ3n) is 1.27. The second-order valence-electron chi connectivity index (χ2n) is 2.68. The fourth-order valence-corrected chi connectivity index (χ4v) is 0.595. The van der Waals surface area contributed by atoms with E-state index in [9.17, 15) is 9.90 Å². The molecule has 0 heterocycles. The van der Waals surface area contributed by atoms with Crippen LogP contribution in [0.5, 0.6) is 0 Å². The molecular formula is C7H16ClNO3. The molecule has 0 aliphatic carbocycles. The summed E-state index contributed by atoms with van der Waals surface area (Å²) in [6.07, 6.45) is -0.0443. The van der Waals surface area contributed by atoms with Crippen molar-refractivity contribution in [2.45, 2.75) is 25.9 Å². The summed E-state index contributed by atoms with van der Waals surface area (Å²) in [5.41, 5.74) is 4.06. The van der Waals surface area contributed by atoms with Gasteiger partial charge in [0, 0.05) is 6.54 Å². The largest absolute Gasteiger partial charge is 0.466 e. The van der Waals surface area contributed by atoms with Crippen LogP contribution in [0.3, 0.4) is 0 Å². The van der Waals surface area contributed by atoms with Crippen molar-refractivity contribution < 1.29 is 14.6 Å². The predicted octanol–water partition coefficient (Wildman–Crippen LogP) is 0.0711. The lowest BCUT2D eigenvalue weighted by Crippen LogP contribution is -2.37. The average Bonchev–Trinajstić information content (AvgIpc) is 1.87. The fraction of sp³-hybridized carbons (Fsp3) is 0.857. The fourth-order valence-electron chi connectivity index (χ4n) is 0.595. The van der Waals surface area contributed by atoms with E-state index in [0.29, 0.717) is 6.61 Å². The van der Waals surface area contributed by atoms with Crippen molar-refractivity contribution in [3.8, 4) is 0 Å². The molecule has 12 heavy (non-hydrogen) atoms. The van der Waals surface area contributed by atoms with Crippen molar-refractivity contribution in [2.75, 3.05) is 13.2 Å². The third kappa shape index (κ3) is 6.39. The van der Waals surface area contributed by atoms with Gasteiger partial charge in [-0.05, 0) is 13.8 Å². The summed E-state index contributed by atoms with van der Waals surface area (Å²) in [5.74, 6) is -0.414. The highest BCUT2D eigenvalue weighted by atomic mass is 35.5. The first-order valence-electron chi connectivity index (χ1n) is 3.60. The van der Waals surface area contributed by atoms with Gasteiger partial charge in [-0.3, -0.25) is 4.79 Å². The summed E-state index contributed by atoms with van der Waals surface area (Å²) in [6, 6.07) is 0. The molecule has 74 valence electrons. The maximum atomic E-state index is 10.8. The molecule has 0 saturated carbocycles. The molecule has 0 aliphatic rings. The highest BCUT2D eigenvalue weighted by molar-refractivity contribution is 5.85. The van der Waals surface area contributed by atoms with Crippen LogP contribution < -0.4 is 5.73 Å². The zero-order chi connectivity index (χ0) is 8.91. The van der Waals surface area contributed by atoms with E-state index in [-0.39, 0.29) is 25.4 Å². The third-order valence-corrected chi connectivity index (χ3v) is 1.27. The zero-order valence-electron chi connectivity index (χ0n) is 7.37. The quantitative estimate of drug-likeness (QED) is 0.626. The molecular weight excluding hydrogens is 182 g/mol. The molecule has 0 saturated heterocycles. The SMILES string of the molecule is CCOC(=O)CC(C)(O)CN.Cl. The molecule has 0 rings (SSSR count). The van der Waals surface area contributed by atoms with Crippen LogP contribution in [-0.4, -0.2) is 29.8 Å². The van der Waals surface area contributed by atoms with Gasteiger partial charge in [-0.25, -0.2) is 0 Å². The first-order valence-corrected chi connectivity index (χ1v) is 3.60. The second kappa shape index (κ2) is 6.22. The van der Waals surface area contributed by atoms with Gasteiger partial charge in [0.15, 0.2) is 0 Å². The number of esters is 1. The lowest BCUT2D eigenvalue weighted by Gasteiger charge is -2.18. The molecule has 0 aromatic carbocycles. The first kappa shape index (κ1) is 14.2. The number of ether oxygens (including phenoxy) is 1. The normalized spacial score (nSPS) is 14.3.